The number of hydrogen-bond acceptors (Lipinski definition) is 5. The highest BCUT2D eigenvalue weighted by atomic mass is 31.2. The average molecular weight is 496 g/mol. The predicted octanol–water partition coefficient (Wildman–Crippen LogP) is 5.74. The van der Waals surface area contributed by atoms with Crippen molar-refractivity contribution in [1.29, 1.82) is 0 Å². The van der Waals surface area contributed by atoms with Gasteiger partial charge in [0.15, 0.2) is 13.0 Å². The van der Waals surface area contributed by atoms with Crippen molar-refractivity contribution in [2.75, 3.05) is 41.0 Å². The average Bonchev–Trinajstić information content (AvgIpc) is 2.74. The fourth-order valence-corrected chi connectivity index (χ4v) is 4.24. The summed E-state index contributed by atoms with van der Waals surface area (Å²) in [6.45, 7) is 5.40. The van der Waals surface area contributed by atoms with E-state index in [-0.39, 0.29) is 12.6 Å². The van der Waals surface area contributed by atoms with E-state index >= 15 is 0 Å². The predicted molar refractivity (Wildman–Crippen MR) is 134 cm³/mol. The van der Waals surface area contributed by atoms with Crippen LogP contribution in [0.5, 0.6) is 0 Å². The Labute approximate surface area is 202 Å². The Kier molecular flexibility index (Phi) is 19.5. The van der Waals surface area contributed by atoms with Crippen LogP contribution in [0.2, 0.25) is 0 Å². The van der Waals surface area contributed by atoms with Gasteiger partial charge < -0.3 is 19.4 Å². The van der Waals surface area contributed by atoms with E-state index in [4.69, 9.17) is 13.8 Å². The van der Waals surface area contributed by atoms with Gasteiger partial charge in [0, 0.05) is 19.6 Å². The van der Waals surface area contributed by atoms with Gasteiger partial charge in [-0.15, -0.1) is 0 Å². The molecule has 2 unspecified atom stereocenters. The summed E-state index contributed by atoms with van der Waals surface area (Å²) in [6.07, 6.45) is 14.0. The second kappa shape index (κ2) is 19.8. The number of phosphoric ester groups is 1. The van der Waals surface area contributed by atoms with Crippen molar-refractivity contribution in [3.63, 3.8) is 0 Å². The van der Waals surface area contributed by atoms with Crippen molar-refractivity contribution in [3.8, 4) is 0 Å². The van der Waals surface area contributed by atoms with Crippen LogP contribution in [0.3, 0.4) is 0 Å². The van der Waals surface area contributed by atoms with E-state index in [1.54, 1.807) is 0 Å². The van der Waals surface area contributed by atoms with Gasteiger partial charge in [0.25, 0.3) is 0 Å². The second-order valence-electron chi connectivity index (χ2n) is 9.82. The SMILES string of the molecule is CCCCCC(=O)NCCCCCCCCCCCOC(CC)OP(=O)(O)OC[N+](C)(C)C. The summed E-state index contributed by atoms with van der Waals surface area (Å²) in [6, 6.07) is 0. The third-order valence-corrected chi connectivity index (χ3v) is 6.09. The zero-order chi connectivity index (χ0) is 25.0. The topological polar surface area (TPSA) is 94.1 Å². The molecule has 1 amide bonds. The number of unbranched alkanes of at least 4 members (excludes halogenated alkanes) is 10. The number of phosphoric acid groups is 1. The van der Waals surface area contributed by atoms with Crippen LogP contribution in [0.1, 0.15) is 104 Å². The molecule has 0 radical (unpaired) electrons. The molecule has 2 atom stereocenters. The van der Waals surface area contributed by atoms with E-state index in [0.717, 1.165) is 45.1 Å². The molecular formula is C24H52N2O6P+. The molecule has 33 heavy (non-hydrogen) atoms. The van der Waals surface area contributed by atoms with Crippen LogP contribution < -0.4 is 5.32 Å². The Balaban J connectivity index is 3.57. The van der Waals surface area contributed by atoms with Crippen molar-refractivity contribution in [2.24, 2.45) is 0 Å². The van der Waals surface area contributed by atoms with Gasteiger partial charge in [-0.3, -0.25) is 9.32 Å². The molecule has 0 saturated heterocycles. The lowest BCUT2D eigenvalue weighted by Gasteiger charge is -2.25. The highest BCUT2D eigenvalue weighted by molar-refractivity contribution is 7.47. The Morgan fingerprint density at radius 3 is 2.03 bits per heavy atom. The van der Waals surface area contributed by atoms with E-state index < -0.39 is 14.1 Å². The van der Waals surface area contributed by atoms with Crippen LogP contribution in [-0.2, 0) is 23.1 Å². The molecule has 0 saturated carbocycles. The molecule has 0 heterocycles. The van der Waals surface area contributed by atoms with Gasteiger partial charge in [-0.25, -0.2) is 9.09 Å². The molecule has 0 aliphatic heterocycles. The van der Waals surface area contributed by atoms with Gasteiger partial charge in [0.2, 0.25) is 5.91 Å². The maximum Gasteiger partial charge on any atom is 0.478 e. The highest BCUT2D eigenvalue weighted by Crippen LogP contribution is 2.45. The first kappa shape index (κ1) is 32.5. The molecule has 0 rings (SSSR count). The van der Waals surface area contributed by atoms with Gasteiger partial charge >= 0.3 is 7.82 Å². The first-order valence-electron chi connectivity index (χ1n) is 12.9. The lowest BCUT2D eigenvalue weighted by molar-refractivity contribution is -0.887. The Morgan fingerprint density at radius 2 is 1.48 bits per heavy atom. The smallest absolute Gasteiger partial charge is 0.356 e. The van der Waals surface area contributed by atoms with Crippen LogP contribution in [-0.4, -0.2) is 62.6 Å². The summed E-state index contributed by atoms with van der Waals surface area (Å²) < 4.78 is 28.2. The van der Waals surface area contributed by atoms with E-state index in [1.807, 2.05) is 28.1 Å². The fourth-order valence-electron chi connectivity index (χ4n) is 3.18. The lowest BCUT2D eigenvalue weighted by Crippen LogP contribution is -2.36. The van der Waals surface area contributed by atoms with E-state index in [0.29, 0.717) is 23.9 Å². The molecule has 0 aliphatic carbocycles. The lowest BCUT2D eigenvalue weighted by atomic mass is 10.1. The van der Waals surface area contributed by atoms with Crippen LogP contribution in [0, 0.1) is 0 Å². The minimum Gasteiger partial charge on any atom is -0.356 e. The normalized spacial score (nSPS) is 14.7. The minimum absolute atomic E-state index is 0.0832. The quantitative estimate of drug-likeness (QED) is 0.0812. The van der Waals surface area contributed by atoms with Crippen LogP contribution >= 0.6 is 7.82 Å². The van der Waals surface area contributed by atoms with E-state index in [9.17, 15) is 14.3 Å². The molecule has 198 valence electrons. The number of carbonyl (C=O) groups is 1. The molecule has 0 spiro atoms. The summed E-state index contributed by atoms with van der Waals surface area (Å²) in [7, 11) is 1.48. The summed E-state index contributed by atoms with van der Waals surface area (Å²) in [5, 5.41) is 3.01. The van der Waals surface area contributed by atoms with Gasteiger partial charge in [-0.05, 0) is 25.7 Å². The van der Waals surface area contributed by atoms with E-state index in [2.05, 4.69) is 12.2 Å². The van der Waals surface area contributed by atoms with Crippen LogP contribution in [0.15, 0.2) is 0 Å². The van der Waals surface area contributed by atoms with Gasteiger partial charge in [0.1, 0.15) is 0 Å². The summed E-state index contributed by atoms with van der Waals surface area (Å²) in [5.41, 5.74) is 0. The number of amides is 1. The largest absolute Gasteiger partial charge is 0.478 e. The van der Waals surface area contributed by atoms with Crippen molar-refractivity contribution >= 4 is 13.7 Å². The van der Waals surface area contributed by atoms with Crippen molar-refractivity contribution in [3.05, 3.63) is 0 Å². The Bertz CT molecular complexity index is 528. The summed E-state index contributed by atoms with van der Waals surface area (Å²) >= 11 is 0. The number of hydrogen-bond donors (Lipinski definition) is 2. The maximum absolute atomic E-state index is 12.0. The third-order valence-electron chi connectivity index (χ3n) is 5.15. The number of quaternary nitrogens is 1. The van der Waals surface area contributed by atoms with Crippen molar-refractivity contribution in [2.45, 2.75) is 110 Å². The number of nitrogens with one attached hydrogen (secondary N) is 1. The third kappa shape index (κ3) is 23.0. The van der Waals surface area contributed by atoms with Crippen LogP contribution in [0.4, 0.5) is 0 Å². The molecule has 2 N–H and O–H groups in total. The highest BCUT2D eigenvalue weighted by Gasteiger charge is 2.28. The monoisotopic (exact) mass is 495 g/mol. The first-order valence-corrected chi connectivity index (χ1v) is 14.4. The van der Waals surface area contributed by atoms with Gasteiger partial charge in [0.05, 0.1) is 21.1 Å². The molecule has 0 bridgehead atoms. The maximum atomic E-state index is 12.0. The standard InChI is InChI=1S/C24H51N2O6P/c1-6-8-16-19-23(27)25-20-17-14-12-10-9-11-13-15-18-21-30-24(7-2)32-33(28,29)31-22-26(3,4)5/h24H,6-22H2,1-5H3,(H-,25,27,28,29)/p+1. The first-order chi connectivity index (χ1) is 15.6. The Hall–Kier alpha value is -0.500. The fraction of sp³-hybridized carbons (Fsp3) is 0.958. The Morgan fingerprint density at radius 1 is 0.909 bits per heavy atom. The van der Waals surface area contributed by atoms with Gasteiger partial charge in [-0.2, -0.15) is 0 Å². The number of carbonyl (C=O) groups excluding carboxylic acids is 1. The molecule has 9 heteroatoms. The van der Waals surface area contributed by atoms with Gasteiger partial charge in [-0.1, -0.05) is 71.6 Å². The van der Waals surface area contributed by atoms with Crippen molar-refractivity contribution < 1.29 is 32.5 Å². The molecule has 0 aromatic carbocycles. The molecule has 0 aromatic rings. The molecule has 0 aromatic heterocycles. The van der Waals surface area contributed by atoms with Crippen LogP contribution in [0.25, 0.3) is 0 Å². The second-order valence-corrected chi connectivity index (χ2v) is 11.2. The number of ether oxygens (including phenoxy) is 1. The number of nitrogens with zero attached hydrogens (tertiary/aromatic N) is 1. The summed E-state index contributed by atoms with van der Waals surface area (Å²) in [5.74, 6) is 0.197. The van der Waals surface area contributed by atoms with E-state index in [1.165, 1.54) is 38.5 Å². The van der Waals surface area contributed by atoms with Crippen molar-refractivity contribution in [1.82, 2.24) is 5.32 Å². The molecule has 8 nitrogen and oxygen atoms in total. The minimum atomic E-state index is -4.12. The molecular weight excluding hydrogens is 443 g/mol. The zero-order valence-corrected chi connectivity index (χ0v) is 22.9. The molecule has 0 aliphatic rings. The zero-order valence-electron chi connectivity index (χ0n) is 22.0. The summed E-state index contributed by atoms with van der Waals surface area (Å²) in [4.78, 5) is 21.5. The number of rotatable bonds is 23. The molecule has 0 fully saturated rings.